The number of nitrogens with zero attached hydrogens (tertiary/aromatic N) is 2. The Morgan fingerprint density at radius 3 is 2.59 bits per heavy atom. The quantitative estimate of drug-likeness (QED) is 0.352. The van der Waals surface area contributed by atoms with Crippen molar-refractivity contribution in [1.29, 1.82) is 0 Å². The summed E-state index contributed by atoms with van der Waals surface area (Å²) in [6, 6.07) is 8.58. The lowest BCUT2D eigenvalue weighted by atomic mass is 10.0. The first-order valence-electron chi connectivity index (χ1n) is 9.36. The highest BCUT2D eigenvalue weighted by molar-refractivity contribution is 14.0. The summed E-state index contributed by atoms with van der Waals surface area (Å²) in [7, 11) is 3.48. The van der Waals surface area contributed by atoms with Crippen LogP contribution in [0.2, 0.25) is 0 Å². The van der Waals surface area contributed by atoms with Crippen molar-refractivity contribution >= 4 is 35.8 Å². The fourth-order valence-electron chi connectivity index (χ4n) is 2.74. The molecule has 2 unspecified atom stereocenters. The lowest BCUT2D eigenvalue weighted by molar-refractivity contribution is -0.127. The van der Waals surface area contributed by atoms with Crippen LogP contribution < -0.4 is 10.6 Å². The van der Waals surface area contributed by atoms with Crippen LogP contribution in [0.15, 0.2) is 29.3 Å². The molecule has 6 nitrogen and oxygen atoms in total. The molecule has 0 saturated carbocycles. The maximum Gasteiger partial charge on any atom is 0.243 e. The lowest BCUT2D eigenvalue weighted by Gasteiger charge is -2.19. The van der Waals surface area contributed by atoms with Gasteiger partial charge in [-0.25, -0.2) is 4.99 Å². The van der Waals surface area contributed by atoms with E-state index in [1.165, 1.54) is 11.1 Å². The number of benzene rings is 1. The summed E-state index contributed by atoms with van der Waals surface area (Å²) in [5, 5.41) is 6.68. The van der Waals surface area contributed by atoms with Crippen LogP contribution in [0.1, 0.15) is 36.8 Å². The minimum atomic E-state index is -0.0187. The molecule has 152 valence electrons. The van der Waals surface area contributed by atoms with Gasteiger partial charge in [-0.1, -0.05) is 36.8 Å². The first-order chi connectivity index (χ1) is 12.5. The zero-order valence-electron chi connectivity index (χ0n) is 16.8. The minimum Gasteiger partial charge on any atom is -0.376 e. The summed E-state index contributed by atoms with van der Waals surface area (Å²) in [6.45, 7) is 6.69. The number of ether oxygens (including phenoxy) is 1. The Balaban J connectivity index is 0.00000364. The van der Waals surface area contributed by atoms with Crippen molar-refractivity contribution in [3.63, 3.8) is 0 Å². The second kappa shape index (κ2) is 12.2. The summed E-state index contributed by atoms with van der Waals surface area (Å²) in [5.41, 5.74) is 2.54. The number of aryl methyl sites for hydroxylation is 1. The molecule has 1 aliphatic rings. The molecule has 1 fully saturated rings. The normalized spacial score (nSPS) is 17.8. The number of hydrogen-bond acceptors (Lipinski definition) is 3. The van der Waals surface area contributed by atoms with Crippen molar-refractivity contribution in [3.8, 4) is 0 Å². The number of rotatable bonds is 7. The maximum absolute atomic E-state index is 11.8. The molecule has 0 aliphatic carbocycles. The van der Waals surface area contributed by atoms with Crippen LogP contribution in [0.5, 0.6) is 0 Å². The Morgan fingerprint density at radius 1 is 1.30 bits per heavy atom. The van der Waals surface area contributed by atoms with E-state index >= 15 is 0 Å². The molecular weight excluding hydrogens is 455 g/mol. The molecule has 1 heterocycles. The summed E-state index contributed by atoms with van der Waals surface area (Å²) < 4.78 is 5.65. The SMILES string of the molecule is Cc1ccc(C(C)CNC(=NCC(=O)N(C)C)NCC2CCCO2)cc1.I. The largest absolute Gasteiger partial charge is 0.376 e. The van der Waals surface area contributed by atoms with Gasteiger partial charge in [-0.05, 0) is 31.2 Å². The minimum absolute atomic E-state index is 0. The third kappa shape index (κ3) is 8.47. The number of carbonyl (C=O) groups excluding carboxylic acids is 1. The molecule has 1 amide bonds. The number of amides is 1. The van der Waals surface area contributed by atoms with Gasteiger partial charge in [0, 0.05) is 33.8 Å². The van der Waals surface area contributed by atoms with E-state index in [0.717, 1.165) is 26.0 Å². The van der Waals surface area contributed by atoms with Crippen molar-refractivity contribution in [3.05, 3.63) is 35.4 Å². The topological polar surface area (TPSA) is 66.0 Å². The predicted octanol–water partition coefficient (Wildman–Crippen LogP) is 2.52. The Hall–Kier alpha value is -1.35. The average Bonchev–Trinajstić information content (AvgIpc) is 3.14. The van der Waals surface area contributed by atoms with E-state index in [1.54, 1.807) is 19.0 Å². The van der Waals surface area contributed by atoms with Crippen LogP contribution in [0, 0.1) is 6.92 Å². The molecule has 0 aromatic heterocycles. The Bertz CT molecular complexity index is 599. The van der Waals surface area contributed by atoms with Gasteiger partial charge in [0.2, 0.25) is 5.91 Å². The number of likely N-dealkylation sites (N-methyl/N-ethyl adjacent to an activating group) is 1. The van der Waals surface area contributed by atoms with Gasteiger partial charge in [0.15, 0.2) is 5.96 Å². The van der Waals surface area contributed by atoms with Crippen molar-refractivity contribution in [2.45, 2.75) is 38.7 Å². The van der Waals surface area contributed by atoms with Gasteiger partial charge < -0.3 is 20.3 Å². The van der Waals surface area contributed by atoms with E-state index in [9.17, 15) is 4.79 Å². The van der Waals surface area contributed by atoms with Crippen LogP contribution in [0.4, 0.5) is 0 Å². The molecule has 2 N–H and O–H groups in total. The van der Waals surface area contributed by atoms with Gasteiger partial charge in [-0.3, -0.25) is 4.79 Å². The number of nitrogens with one attached hydrogen (secondary N) is 2. The zero-order chi connectivity index (χ0) is 18.9. The van der Waals surface area contributed by atoms with Crippen molar-refractivity contribution in [1.82, 2.24) is 15.5 Å². The highest BCUT2D eigenvalue weighted by Gasteiger charge is 2.16. The first kappa shape index (κ1) is 23.7. The Morgan fingerprint density at radius 2 is 2.00 bits per heavy atom. The van der Waals surface area contributed by atoms with Crippen LogP contribution in [0.25, 0.3) is 0 Å². The number of guanidine groups is 1. The second-order valence-corrected chi connectivity index (χ2v) is 7.16. The van der Waals surface area contributed by atoms with Gasteiger partial charge >= 0.3 is 0 Å². The molecule has 1 aromatic carbocycles. The zero-order valence-corrected chi connectivity index (χ0v) is 19.2. The van der Waals surface area contributed by atoms with Crippen LogP contribution in [0.3, 0.4) is 0 Å². The maximum atomic E-state index is 11.8. The average molecular weight is 488 g/mol. The van der Waals surface area contributed by atoms with Crippen molar-refractivity contribution in [2.24, 2.45) is 4.99 Å². The van der Waals surface area contributed by atoms with Crippen LogP contribution in [-0.2, 0) is 9.53 Å². The molecule has 1 saturated heterocycles. The molecule has 2 rings (SSSR count). The third-order valence-corrected chi connectivity index (χ3v) is 4.61. The predicted molar refractivity (Wildman–Crippen MR) is 121 cm³/mol. The van der Waals surface area contributed by atoms with Crippen LogP contribution in [-0.4, -0.2) is 63.2 Å². The summed E-state index contributed by atoms with van der Waals surface area (Å²) in [4.78, 5) is 17.8. The van der Waals surface area contributed by atoms with Crippen molar-refractivity contribution in [2.75, 3.05) is 40.3 Å². The third-order valence-electron chi connectivity index (χ3n) is 4.61. The fourth-order valence-corrected chi connectivity index (χ4v) is 2.74. The van der Waals surface area contributed by atoms with E-state index in [4.69, 9.17) is 4.74 Å². The molecule has 1 aliphatic heterocycles. The second-order valence-electron chi connectivity index (χ2n) is 7.16. The Kier molecular flexibility index (Phi) is 10.7. The number of halogens is 1. The van der Waals surface area contributed by atoms with E-state index in [1.807, 2.05) is 0 Å². The highest BCUT2D eigenvalue weighted by atomic mass is 127. The fraction of sp³-hybridized carbons (Fsp3) is 0.600. The van der Waals surface area contributed by atoms with E-state index in [-0.39, 0.29) is 42.5 Å². The van der Waals surface area contributed by atoms with E-state index < -0.39 is 0 Å². The molecule has 0 radical (unpaired) electrons. The van der Waals surface area contributed by atoms with E-state index in [0.29, 0.717) is 18.4 Å². The molecule has 7 heteroatoms. The molecule has 0 spiro atoms. The van der Waals surface area contributed by atoms with Gasteiger partial charge in [-0.2, -0.15) is 0 Å². The lowest BCUT2D eigenvalue weighted by Crippen LogP contribution is -2.43. The van der Waals surface area contributed by atoms with Gasteiger partial charge in [-0.15, -0.1) is 24.0 Å². The molecule has 27 heavy (non-hydrogen) atoms. The van der Waals surface area contributed by atoms with Crippen LogP contribution >= 0.6 is 24.0 Å². The van der Waals surface area contributed by atoms with E-state index in [2.05, 4.69) is 53.7 Å². The number of hydrogen-bond donors (Lipinski definition) is 2. The molecule has 1 aromatic rings. The number of carbonyl (C=O) groups is 1. The van der Waals surface area contributed by atoms with Crippen molar-refractivity contribution < 1.29 is 9.53 Å². The van der Waals surface area contributed by atoms with Gasteiger partial charge in [0.25, 0.3) is 0 Å². The Labute approximate surface area is 180 Å². The molecular formula is C20H33IN4O2. The monoisotopic (exact) mass is 488 g/mol. The van der Waals surface area contributed by atoms with Gasteiger partial charge in [0.05, 0.1) is 6.10 Å². The first-order valence-corrected chi connectivity index (χ1v) is 9.36. The summed E-state index contributed by atoms with van der Waals surface area (Å²) in [6.07, 6.45) is 2.40. The smallest absolute Gasteiger partial charge is 0.243 e. The standard InChI is InChI=1S/C20H32N4O2.HI/c1-15-7-9-17(10-8-15)16(2)12-21-20(23-14-19(25)24(3)4)22-13-18-6-5-11-26-18;/h7-10,16,18H,5-6,11-14H2,1-4H3,(H2,21,22,23);1H. The number of aliphatic imine (C=N–C) groups is 1. The summed E-state index contributed by atoms with van der Waals surface area (Å²) in [5.74, 6) is 0.986. The van der Waals surface area contributed by atoms with Gasteiger partial charge in [0.1, 0.15) is 6.54 Å². The molecule has 2 atom stereocenters. The summed E-state index contributed by atoms with van der Waals surface area (Å²) >= 11 is 0. The molecule has 0 bridgehead atoms. The highest BCUT2D eigenvalue weighted by Crippen LogP contribution is 2.15.